The summed E-state index contributed by atoms with van der Waals surface area (Å²) in [6.07, 6.45) is 2.48. The predicted molar refractivity (Wildman–Crippen MR) is 76.1 cm³/mol. The zero-order chi connectivity index (χ0) is 15.2. The van der Waals surface area contributed by atoms with E-state index in [4.69, 9.17) is 11.6 Å². The number of benzene rings is 1. The maximum absolute atomic E-state index is 13.4. The van der Waals surface area contributed by atoms with E-state index < -0.39 is 15.8 Å². The van der Waals surface area contributed by atoms with Gasteiger partial charge in [-0.2, -0.15) is 4.31 Å². The highest BCUT2D eigenvalue weighted by Crippen LogP contribution is 2.38. The number of piperidine rings is 1. The number of sulfonamides is 1. The first-order valence-corrected chi connectivity index (χ1v) is 8.72. The molecule has 1 aliphatic heterocycles. The summed E-state index contributed by atoms with van der Waals surface area (Å²) in [5, 5.41) is 0.0460. The van der Waals surface area contributed by atoms with Gasteiger partial charge in [0, 0.05) is 29.9 Å². The first-order chi connectivity index (χ1) is 9.89. The average Bonchev–Trinajstić information content (AvgIpc) is 2.87. The molecule has 2 fully saturated rings. The number of carbonyl (C=O) groups excluding carboxylic acids is 1. The van der Waals surface area contributed by atoms with E-state index in [9.17, 15) is 17.6 Å². The van der Waals surface area contributed by atoms with Gasteiger partial charge in [0.25, 0.3) is 0 Å². The molecule has 1 saturated heterocycles. The summed E-state index contributed by atoms with van der Waals surface area (Å²) in [6, 6.07) is 3.00. The second-order valence-electron chi connectivity index (χ2n) is 5.54. The lowest BCUT2D eigenvalue weighted by Gasteiger charge is -2.35. The third-order valence-electron chi connectivity index (χ3n) is 4.28. The Bertz CT molecular complexity index is 671. The quantitative estimate of drug-likeness (QED) is 0.837. The molecule has 1 aliphatic carbocycles. The Morgan fingerprint density at radius 2 is 2.00 bits per heavy atom. The zero-order valence-corrected chi connectivity index (χ0v) is 12.8. The van der Waals surface area contributed by atoms with Gasteiger partial charge in [0.2, 0.25) is 10.0 Å². The third-order valence-corrected chi connectivity index (χ3v) is 6.40. The van der Waals surface area contributed by atoms with Crippen molar-refractivity contribution in [3.05, 3.63) is 29.0 Å². The van der Waals surface area contributed by atoms with Gasteiger partial charge in [-0.15, -0.1) is 0 Å². The molecule has 114 valence electrons. The number of fused-ring (bicyclic) bond motifs is 1. The summed E-state index contributed by atoms with van der Waals surface area (Å²) >= 11 is 5.75. The predicted octanol–water partition coefficient (Wildman–Crippen LogP) is 2.61. The molecule has 0 radical (unpaired) electrons. The fourth-order valence-electron chi connectivity index (χ4n) is 3.34. The molecule has 1 saturated carbocycles. The molecule has 1 heterocycles. The lowest BCUT2D eigenvalue weighted by Crippen LogP contribution is -2.49. The largest absolute Gasteiger partial charge is 0.299 e. The van der Waals surface area contributed by atoms with Gasteiger partial charge in [0.15, 0.2) is 0 Å². The Morgan fingerprint density at radius 3 is 2.71 bits per heavy atom. The lowest BCUT2D eigenvalue weighted by molar-refractivity contribution is -0.126. The number of hydrogen-bond acceptors (Lipinski definition) is 3. The van der Waals surface area contributed by atoms with Crippen molar-refractivity contribution in [3.63, 3.8) is 0 Å². The van der Waals surface area contributed by atoms with E-state index in [1.54, 1.807) is 0 Å². The Kier molecular flexibility index (Phi) is 3.80. The number of rotatable bonds is 2. The minimum Gasteiger partial charge on any atom is -0.299 e. The Morgan fingerprint density at radius 1 is 1.24 bits per heavy atom. The molecule has 21 heavy (non-hydrogen) atoms. The van der Waals surface area contributed by atoms with E-state index in [-0.39, 0.29) is 40.6 Å². The summed E-state index contributed by atoms with van der Waals surface area (Å²) in [4.78, 5) is 11.7. The van der Waals surface area contributed by atoms with Crippen molar-refractivity contribution in [2.24, 2.45) is 5.92 Å². The van der Waals surface area contributed by atoms with Gasteiger partial charge in [-0.05, 0) is 31.0 Å². The third kappa shape index (κ3) is 2.60. The van der Waals surface area contributed by atoms with E-state index in [2.05, 4.69) is 0 Å². The van der Waals surface area contributed by atoms with Crippen molar-refractivity contribution in [2.45, 2.75) is 36.6 Å². The van der Waals surface area contributed by atoms with Crippen LogP contribution in [0.4, 0.5) is 4.39 Å². The number of carbonyl (C=O) groups is 1. The van der Waals surface area contributed by atoms with E-state index in [1.165, 1.54) is 10.4 Å². The maximum Gasteiger partial charge on any atom is 0.243 e. The molecule has 2 aliphatic rings. The molecule has 0 aromatic heterocycles. The zero-order valence-electron chi connectivity index (χ0n) is 11.3. The number of hydrogen-bond donors (Lipinski definition) is 0. The Balaban J connectivity index is 1.99. The van der Waals surface area contributed by atoms with Crippen molar-refractivity contribution in [2.75, 3.05) is 6.54 Å². The van der Waals surface area contributed by atoms with Crippen molar-refractivity contribution in [1.82, 2.24) is 4.31 Å². The maximum atomic E-state index is 13.4. The average molecular weight is 332 g/mol. The molecular formula is C14H15ClFNO3S. The minimum absolute atomic E-state index is 0.0460. The molecule has 1 aromatic carbocycles. The molecule has 2 unspecified atom stereocenters. The van der Waals surface area contributed by atoms with Crippen LogP contribution in [0.25, 0.3) is 0 Å². The van der Waals surface area contributed by atoms with Crippen molar-refractivity contribution < 1.29 is 17.6 Å². The van der Waals surface area contributed by atoms with Crippen LogP contribution >= 0.6 is 11.6 Å². The van der Waals surface area contributed by atoms with E-state index in [0.717, 1.165) is 25.0 Å². The van der Waals surface area contributed by atoms with Crippen molar-refractivity contribution in [1.29, 1.82) is 0 Å². The smallest absolute Gasteiger partial charge is 0.243 e. The van der Waals surface area contributed by atoms with Crippen LogP contribution in [0.5, 0.6) is 0 Å². The van der Waals surface area contributed by atoms with Crippen LogP contribution in [0.15, 0.2) is 23.1 Å². The Labute approximate surface area is 127 Å². The summed E-state index contributed by atoms with van der Waals surface area (Å²) in [5.41, 5.74) is 0. The highest BCUT2D eigenvalue weighted by molar-refractivity contribution is 7.89. The second-order valence-corrected chi connectivity index (χ2v) is 7.87. The number of ketones is 1. The molecule has 0 N–H and O–H groups in total. The van der Waals surface area contributed by atoms with Crippen LogP contribution < -0.4 is 0 Å². The summed E-state index contributed by atoms with van der Waals surface area (Å²) in [6.45, 7) is 0.163. The molecule has 2 atom stereocenters. The minimum atomic E-state index is -3.83. The van der Waals surface area contributed by atoms with Crippen molar-refractivity contribution >= 4 is 27.4 Å². The number of halogens is 2. The highest BCUT2D eigenvalue weighted by Gasteiger charge is 2.45. The van der Waals surface area contributed by atoms with Gasteiger partial charge in [0.05, 0.1) is 4.90 Å². The topological polar surface area (TPSA) is 54.5 Å². The van der Waals surface area contributed by atoms with Gasteiger partial charge in [-0.3, -0.25) is 4.79 Å². The highest BCUT2D eigenvalue weighted by atomic mass is 35.5. The van der Waals surface area contributed by atoms with E-state index in [0.29, 0.717) is 6.42 Å². The first-order valence-electron chi connectivity index (χ1n) is 6.90. The van der Waals surface area contributed by atoms with Crippen LogP contribution in [-0.4, -0.2) is 31.1 Å². The molecule has 7 heteroatoms. The van der Waals surface area contributed by atoms with Crippen LogP contribution in [0.1, 0.15) is 25.7 Å². The normalized spacial score (nSPS) is 26.9. The fourth-order valence-corrected chi connectivity index (χ4v) is 5.38. The molecule has 4 nitrogen and oxygen atoms in total. The van der Waals surface area contributed by atoms with Crippen LogP contribution in [-0.2, 0) is 14.8 Å². The number of Topliss-reactive ketones (excluding diaryl/α,β-unsaturated/α-hetero) is 1. The monoisotopic (exact) mass is 331 g/mol. The van der Waals surface area contributed by atoms with Gasteiger partial charge in [0.1, 0.15) is 11.6 Å². The summed E-state index contributed by atoms with van der Waals surface area (Å²) in [7, 11) is -3.83. The summed E-state index contributed by atoms with van der Waals surface area (Å²) in [5.74, 6) is -0.754. The van der Waals surface area contributed by atoms with Gasteiger partial charge in [-0.1, -0.05) is 18.0 Å². The molecule has 0 bridgehead atoms. The molecule has 0 spiro atoms. The van der Waals surface area contributed by atoms with Crippen molar-refractivity contribution in [3.8, 4) is 0 Å². The SMILES string of the molecule is O=C1CCN(S(=O)(=O)c2cc(F)cc(Cl)c2)C2CCCC12. The van der Waals surface area contributed by atoms with E-state index in [1.807, 2.05) is 0 Å². The van der Waals surface area contributed by atoms with Gasteiger partial charge in [-0.25, -0.2) is 12.8 Å². The number of nitrogens with zero attached hydrogens (tertiary/aromatic N) is 1. The van der Waals surface area contributed by atoms with E-state index >= 15 is 0 Å². The standard InChI is InChI=1S/C14H15ClFNO3S/c15-9-6-10(16)8-11(7-9)21(19,20)17-5-4-14(18)12-2-1-3-13(12)17/h6-8,12-13H,1-5H2. The van der Waals surface area contributed by atoms with Crippen LogP contribution in [0, 0.1) is 11.7 Å². The lowest BCUT2D eigenvalue weighted by atomic mass is 9.92. The van der Waals surface area contributed by atoms with Crippen LogP contribution in [0.2, 0.25) is 5.02 Å². The van der Waals surface area contributed by atoms with Gasteiger partial charge < -0.3 is 0 Å². The Hall–Kier alpha value is -0.980. The molecule has 3 rings (SSSR count). The first kappa shape index (κ1) is 14.9. The second kappa shape index (κ2) is 5.34. The fraction of sp³-hybridized carbons (Fsp3) is 0.500. The molecular weight excluding hydrogens is 317 g/mol. The molecule has 0 amide bonds. The summed E-state index contributed by atoms with van der Waals surface area (Å²) < 4.78 is 40.3. The van der Waals surface area contributed by atoms with Crippen LogP contribution in [0.3, 0.4) is 0 Å². The molecule has 1 aromatic rings. The van der Waals surface area contributed by atoms with Gasteiger partial charge >= 0.3 is 0 Å².